The van der Waals surface area contributed by atoms with E-state index in [-0.39, 0.29) is 5.60 Å². The summed E-state index contributed by atoms with van der Waals surface area (Å²) in [6.07, 6.45) is 7.25. The lowest BCUT2D eigenvalue weighted by Gasteiger charge is -2.60. The zero-order valence-corrected chi connectivity index (χ0v) is 12.3. The van der Waals surface area contributed by atoms with E-state index in [4.69, 9.17) is 4.65 Å². The first-order valence-corrected chi connectivity index (χ1v) is 7.64. The van der Waals surface area contributed by atoms with E-state index in [0.29, 0.717) is 16.7 Å². The molecule has 1 saturated heterocycles. The summed E-state index contributed by atoms with van der Waals surface area (Å²) in [6, 6.07) is 0. The molecule has 2 aliphatic carbocycles. The molecule has 1 aliphatic heterocycles. The summed E-state index contributed by atoms with van der Waals surface area (Å²) in [5, 5.41) is 9.94. The van der Waals surface area contributed by atoms with Crippen LogP contribution in [-0.4, -0.2) is 17.7 Å². The minimum Gasteiger partial charge on any atom is -0.427 e. The normalized spacial score (nSPS) is 50.8. The number of hydrogen-bond donors (Lipinski definition) is 1. The first kappa shape index (κ1) is 13.0. The van der Waals surface area contributed by atoms with Crippen LogP contribution in [0.2, 0.25) is 6.32 Å². The van der Waals surface area contributed by atoms with E-state index in [9.17, 15) is 5.02 Å². The van der Waals surface area contributed by atoms with Gasteiger partial charge in [0.1, 0.15) is 0 Å². The third-order valence-corrected chi connectivity index (χ3v) is 6.58. The second-order valence-electron chi connectivity index (χ2n) is 8.11. The monoisotopic (exact) mass is 250 g/mol. The van der Waals surface area contributed by atoms with Crippen molar-refractivity contribution in [3.63, 3.8) is 0 Å². The Morgan fingerprint density at radius 3 is 2.50 bits per heavy atom. The number of hydrogen-bond acceptors (Lipinski definition) is 2. The molecule has 18 heavy (non-hydrogen) atoms. The van der Waals surface area contributed by atoms with Gasteiger partial charge in [0.25, 0.3) is 0 Å². The van der Waals surface area contributed by atoms with Gasteiger partial charge in [0, 0.05) is 0 Å². The predicted molar refractivity (Wildman–Crippen MR) is 74.2 cm³/mol. The Morgan fingerprint density at radius 1 is 1.06 bits per heavy atom. The van der Waals surface area contributed by atoms with Crippen LogP contribution in [-0.2, 0) is 4.65 Å². The van der Waals surface area contributed by atoms with Gasteiger partial charge in [0.15, 0.2) is 0 Å². The highest BCUT2D eigenvalue weighted by Gasteiger charge is 2.62. The van der Waals surface area contributed by atoms with Gasteiger partial charge < -0.3 is 9.68 Å². The molecule has 0 aromatic carbocycles. The van der Waals surface area contributed by atoms with Crippen LogP contribution in [0.3, 0.4) is 0 Å². The maximum Gasteiger partial charge on any atom is 0.454 e. The Hall–Kier alpha value is -0.0151. The van der Waals surface area contributed by atoms with Gasteiger partial charge in [-0.1, -0.05) is 27.2 Å². The van der Waals surface area contributed by atoms with Crippen LogP contribution in [0.5, 0.6) is 0 Å². The molecular weight excluding hydrogens is 223 g/mol. The smallest absolute Gasteiger partial charge is 0.427 e. The molecule has 0 unspecified atom stereocenters. The van der Waals surface area contributed by atoms with E-state index >= 15 is 0 Å². The highest BCUT2D eigenvalue weighted by atomic mass is 16.5. The average Bonchev–Trinajstić information content (AvgIpc) is 2.53. The lowest BCUT2D eigenvalue weighted by atomic mass is 9.45. The van der Waals surface area contributed by atoms with E-state index in [2.05, 4.69) is 27.7 Å². The zero-order chi connectivity index (χ0) is 13.2. The van der Waals surface area contributed by atoms with Crippen LogP contribution < -0.4 is 0 Å². The molecule has 0 amide bonds. The van der Waals surface area contributed by atoms with Crippen LogP contribution in [0.4, 0.5) is 0 Å². The molecule has 0 spiro atoms. The molecule has 102 valence electrons. The summed E-state index contributed by atoms with van der Waals surface area (Å²) < 4.78 is 5.89. The van der Waals surface area contributed by atoms with Crippen molar-refractivity contribution in [3.05, 3.63) is 0 Å². The van der Waals surface area contributed by atoms with Crippen LogP contribution in [0.15, 0.2) is 0 Å². The Labute approximate surface area is 112 Å². The highest BCUT2D eigenvalue weighted by Crippen LogP contribution is 2.65. The lowest BCUT2D eigenvalue weighted by molar-refractivity contribution is -0.135. The molecule has 0 aromatic rings. The first-order chi connectivity index (χ1) is 8.28. The minimum atomic E-state index is -0.527. The molecule has 2 saturated carbocycles. The third-order valence-electron chi connectivity index (χ3n) is 6.58. The van der Waals surface area contributed by atoms with Crippen LogP contribution >= 0.6 is 0 Å². The van der Waals surface area contributed by atoms with E-state index in [1.165, 1.54) is 25.7 Å². The van der Waals surface area contributed by atoms with Crippen molar-refractivity contribution in [1.82, 2.24) is 0 Å². The van der Waals surface area contributed by atoms with Crippen LogP contribution in [0.25, 0.3) is 0 Å². The van der Waals surface area contributed by atoms with Crippen molar-refractivity contribution in [2.45, 2.75) is 71.7 Å². The molecule has 3 rings (SSSR count). The molecule has 1 N–H and O–H groups in total. The van der Waals surface area contributed by atoms with Gasteiger partial charge in [0.05, 0.1) is 5.60 Å². The molecule has 3 fully saturated rings. The molecule has 1 heterocycles. The summed E-state index contributed by atoms with van der Waals surface area (Å²) in [7, 11) is -0.527. The Kier molecular flexibility index (Phi) is 2.71. The fourth-order valence-electron chi connectivity index (χ4n) is 5.83. The standard InChI is InChI=1S/C15H27BO2/c1-13(2)7-5-8-14(3)11(13)6-9-15(4)12(14)10-16(17)18-15/h11-12,17H,5-10H2,1-4H3/t11-,12-,14-,15+/m0/s1. The van der Waals surface area contributed by atoms with E-state index in [1.807, 2.05) is 0 Å². The second kappa shape index (κ2) is 3.76. The second-order valence-corrected chi connectivity index (χ2v) is 8.11. The summed E-state index contributed by atoms with van der Waals surface area (Å²) in [6.45, 7) is 9.60. The van der Waals surface area contributed by atoms with Crippen molar-refractivity contribution >= 4 is 7.12 Å². The zero-order valence-electron chi connectivity index (χ0n) is 12.3. The minimum absolute atomic E-state index is 0.0713. The Balaban J connectivity index is 1.98. The molecule has 2 nitrogen and oxygen atoms in total. The third kappa shape index (κ3) is 1.63. The van der Waals surface area contributed by atoms with E-state index in [0.717, 1.165) is 18.7 Å². The molecule has 0 bridgehead atoms. The maximum atomic E-state index is 9.94. The topological polar surface area (TPSA) is 29.5 Å². The first-order valence-electron chi connectivity index (χ1n) is 7.64. The fraction of sp³-hybridized carbons (Fsp3) is 1.00. The molecule has 0 aromatic heterocycles. The summed E-state index contributed by atoms with van der Waals surface area (Å²) in [5.41, 5.74) is 0.756. The Bertz CT molecular complexity index is 356. The summed E-state index contributed by atoms with van der Waals surface area (Å²) >= 11 is 0. The SMILES string of the molecule is CC1(C)CCC[C@@]2(C)[C@H]1CC[C@@]1(C)OB(O)C[C@@H]21. The van der Waals surface area contributed by atoms with Crippen molar-refractivity contribution in [1.29, 1.82) is 0 Å². The molecule has 3 heteroatoms. The van der Waals surface area contributed by atoms with Crippen LogP contribution in [0, 0.1) is 22.7 Å². The predicted octanol–water partition coefficient (Wildman–Crippen LogP) is 3.50. The molecular formula is C15H27BO2. The van der Waals surface area contributed by atoms with Gasteiger partial charge in [0.2, 0.25) is 0 Å². The largest absolute Gasteiger partial charge is 0.454 e. The van der Waals surface area contributed by atoms with E-state index in [1.54, 1.807) is 0 Å². The summed E-state index contributed by atoms with van der Waals surface area (Å²) in [5.74, 6) is 1.34. The molecule has 0 radical (unpaired) electrons. The van der Waals surface area contributed by atoms with Gasteiger partial charge >= 0.3 is 7.12 Å². The van der Waals surface area contributed by atoms with Gasteiger partial charge in [-0.3, -0.25) is 0 Å². The van der Waals surface area contributed by atoms with Crippen molar-refractivity contribution in [3.8, 4) is 0 Å². The average molecular weight is 250 g/mol. The Morgan fingerprint density at radius 2 is 1.78 bits per heavy atom. The van der Waals surface area contributed by atoms with Crippen molar-refractivity contribution in [2.24, 2.45) is 22.7 Å². The van der Waals surface area contributed by atoms with Gasteiger partial charge in [-0.25, -0.2) is 0 Å². The van der Waals surface area contributed by atoms with E-state index < -0.39 is 7.12 Å². The number of fused-ring (bicyclic) bond motifs is 3. The molecule has 3 aliphatic rings. The highest BCUT2D eigenvalue weighted by molar-refractivity contribution is 6.43. The fourth-order valence-corrected chi connectivity index (χ4v) is 5.83. The maximum absolute atomic E-state index is 9.94. The van der Waals surface area contributed by atoms with Gasteiger partial charge in [-0.15, -0.1) is 0 Å². The van der Waals surface area contributed by atoms with Crippen LogP contribution in [0.1, 0.15) is 59.8 Å². The molecule has 4 atom stereocenters. The number of rotatable bonds is 0. The quantitative estimate of drug-likeness (QED) is 0.667. The van der Waals surface area contributed by atoms with Crippen molar-refractivity contribution in [2.75, 3.05) is 0 Å². The van der Waals surface area contributed by atoms with Gasteiger partial charge in [-0.2, -0.15) is 0 Å². The van der Waals surface area contributed by atoms with Crippen molar-refractivity contribution < 1.29 is 9.68 Å². The summed E-state index contributed by atoms with van der Waals surface area (Å²) in [4.78, 5) is 0. The lowest BCUT2D eigenvalue weighted by Crippen LogP contribution is -2.55. The van der Waals surface area contributed by atoms with Gasteiger partial charge in [-0.05, 0) is 61.6 Å².